The molecule has 5 heteroatoms. The molecular formula is C5H14N2O2S. The van der Waals surface area contributed by atoms with Gasteiger partial charge in [0.05, 0.1) is 5.75 Å². The fraction of sp³-hybridized carbons (Fsp3) is 1.00. The van der Waals surface area contributed by atoms with Gasteiger partial charge in [-0.15, -0.1) is 0 Å². The molecule has 0 radical (unpaired) electrons. The third kappa shape index (κ3) is 4.72. The third-order valence-corrected chi connectivity index (χ3v) is 2.26. The molecule has 0 aliphatic heterocycles. The molecule has 0 saturated heterocycles. The molecule has 0 fully saturated rings. The summed E-state index contributed by atoms with van der Waals surface area (Å²) in [6.45, 7) is 3.46. The highest BCUT2D eigenvalue weighted by Gasteiger charge is 2.20. The van der Waals surface area contributed by atoms with Gasteiger partial charge in [0.1, 0.15) is 9.84 Å². The van der Waals surface area contributed by atoms with Crippen LogP contribution >= 0.6 is 0 Å². The van der Waals surface area contributed by atoms with Gasteiger partial charge < -0.3 is 0 Å². The van der Waals surface area contributed by atoms with Gasteiger partial charge in [0.2, 0.25) is 0 Å². The monoisotopic (exact) mass is 166 g/mol. The lowest BCUT2D eigenvalue weighted by Crippen LogP contribution is -2.48. The van der Waals surface area contributed by atoms with Crippen LogP contribution < -0.4 is 11.3 Å². The molecule has 0 rings (SSSR count). The number of hydrogen-bond donors (Lipinski definition) is 2. The predicted molar refractivity (Wildman–Crippen MR) is 41.1 cm³/mol. The molecule has 0 aliphatic rings. The van der Waals surface area contributed by atoms with E-state index in [4.69, 9.17) is 5.84 Å². The Kier molecular flexibility index (Phi) is 2.82. The van der Waals surface area contributed by atoms with Crippen LogP contribution in [0.5, 0.6) is 0 Å². The second-order valence-corrected chi connectivity index (χ2v) is 5.24. The molecule has 62 valence electrons. The zero-order chi connectivity index (χ0) is 8.41. The summed E-state index contributed by atoms with van der Waals surface area (Å²) in [6.07, 6.45) is 1.19. The topological polar surface area (TPSA) is 72.2 Å². The third-order valence-electron chi connectivity index (χ3n) is 1.01. The Balaban J connectivity index is 4.16. The minimum Gasteiger partial charge on any atom is -0.271 e. The lowest BCUT2D eigenvalue weighted by molar-refractivity contribution is 0.436. The van der Waals surface area contributed by atoms with Crippen LogP contribution in [0.25, 0.3) is 0 Å². The smallest absolute Gasteiger partial charge is 0.149 e. The number of rotatable bonds is 3. The molecule has 0 amide bonds. The lowest BCUT2D eigenvalue weighted by atomic mass is 10.1. The van der Waals surface area contributed by atoms with E-state index in [2.05, 4.69) is 5.43 Å². The van der Waals surface area contributed by atoms with E-state index >= 15 is 0 Å². The SMILES string of the molecule is CC(C)(CS(C)(=O)=O)NN. The molecule has 0 aliphatic carbocycles. The average molecular weight is 166 g/mol. The fourth-order valence-electron chi connectivity index (χ4n) is 0.697. The summed E-state index contributed by atoms with van der Waals surface area (Å²) >= 11 is 0. The van der Waals surface area contributed by atoms with Crippen LogP contribution in [-0.4, -0.2) is 26.0 Å². The van der Waals surface area contributed by atoms with Gasteiger partial charge in [0.25, 0.3) is 0 Å². The Bertz CT molecular complexity index is 196. The van der Waals surface area contributed by atoms with Crippen molar-refractivity contribution in [2.45, 2.75) is 19.4 Å². The van der Waals surface area contributed by atoms with Gasteiger partial charge >= 0.3 is 0 Å². The summed E-state index contributed by atoms with van der Waals surface area (Å²) in [5, 5.41) is 0. The van der Waals surface area contributed by atoms with E-state index in [0.29, 0.717) is 0 Å². The Labute approximate surface area is 61.7 Å². The van der Waals surface area contributed by atoms with Gasteiger partial charge in [-0.2, -0.15) is 0 Å². The first kappa shape index (κ1) is 9.87. The molecule has 0 spiro atoms. The van der Waals surface area contributed by atoms with E-state index in [0.717, 1.165) is 0 Å². The van der Waals surface area contributed by atoms with E-state index < -0.39 is 15.4 Å². The quantitative estimate of drug-likeness (QED) is 0.428. The van der Waals surface area contributed by atoms with Gasteiger partial charge in [-0.3, -0.25) is 11.3 Å². The van der Waals surface area contributed by atoms with Crippen molar-refractivity contribution in [2.75, 3.05) is 12.0 Å². The number of nitrogens with one attached hydrogen (secondary N) is 1. The van der Waals surface area contributed by atoms with Gasteiger partial charge in [0.15, 0.2) is 0 Å². The Morgan fingerprint density at radius 3 is 2.00 bits per heavy atom. The van der Waals surface area contributed by atoms with E-state index in [9.17, 15) is 8.42 Å². The van der Waals surface area contributed by atoms with Crippen LogP contribution in [0.1, 0.15) is 13.8 Å². The lowest BCUT2D eigenvalue weighted by Gasteiger charge is -2.21. The summed E-state index contributed by atoms with van der Waals surface area (Å²) in [4.78, 5) is 0. The standard InChI is InChI=1S/C5H14N2O2S/c1-5(2,7-6)4-10(3,8)9/h7H,4,6H2,1-3H3. The molecule has 0 atom stereocenters. The van der Waals surface area contributed by atoms with Crippen LogP contribution in [-0.2, 0) is 9.84 Å². The average Bonchev–Trinajstić information content (AvgIpc) is 1.60. The first-order valence-corrected chi connectivity index (χ1v) is 4.98. The van der Waals surface area contributed by atoms with Gasteiger partial charge in [0, 0.05) is 11.8 Å². The molecule has 10 heavy (non-hydrogen) atoms. The zero-order valence-corrected chi connectivity index (χ0v) is 7.33. The maximum Gasteiger partial charge on any atom is 0.149 e. The molecule has 0 unspecified atom stereocenters. The minimum absolute atomic E-state index is 0.0521. The van der Waals surface area contributed by atoms with Crippen LogP contribution in [0, 0.1) is 0 Å². The van der Waals surface area contributed by atoms with Crippen molar-refractivity contribution in [3.05, 3.63) is 0 Å². The highest BCUT2D eigenvalue weighted by Crippen LogP contribution is 2.02. The van der Waals surface area contributed by atoms with E-state index in [1.54, 1.807) is 13.8 Å². The van der Waals surface area contributed by atoms with E-state index in [1.165, 1.54) is 6.26 Å². The number of hydrogen-bond acceptors (Lipinski definition) is 4. The second-order valence-electron chi connectivity index (χ2n) is 3.10. The molecule has 0 heterocycles. The minimum atomic E-state index is -2.94. The summed E-state index contributed by atoms with van der Waals surface area (Å²) in [6, 6.07) is 0. The van der Waals surface area contributed by atoms with Crippen LogP contribution in [0.3, 0.4) is 0 Å². The molecule has 0 saturated carbocycles. The predicted octanol–water partition coefficient (Wildman–Crippen LogP) is -0.727. The largest absolute Gasteiger partial charge is 0.271 e. The molecule has 0 aromatic rings. The highest BCUT2D eigenvalue weighted by atomic mass is 32.2. The molecule has 0 aromatic carbocycles. The number of nitrogens with two attached hydrogens (primary N) is 1. The molecule has 3 N–H and O–H groups in total. The van der Waals surface area contributed by atoms with Crippen molar-refractivity contribution in [1.29, 1.82) is 0 Å². The first-order chi connectivity index (χ1) is 4.27. The van der Waals surface area contributed by atoms with Crippen molar-refractivity contribution in [1.82, 2.24) is 5.43 Å². The van der Waals surface area contributed by atoms with Gasteiger partial charge in [-0.1, -0.05) is 0 Å². The molecule has 4 nitrogen and oxygen atoms in total. The summed E-state index contributed by atoms with van der Waals surface area (Å²) in [5.41, 5.74) is 1.88. The van der Waals surface area contributed by atoms with Crippen LogP contribution in [0.15, 0.2) is 0 Å². The highest BCUT2D eigenvalue weighted by molar-refractivity contribution is 7.90. The van der Waals surface area contributed by atoms with E-state index in [-0.39, 0.29) is 5.75 Å². The van der Waals surface area contributed by atoms with Crippen molar-refractivity contribution >= 4 is 9.84 Å². The Morgan fingerprint density at radius 1 is 1.50 bits per heavy atom. The van der Waals surface area contributed by atoms with Crippen LogP contribution in [0.2, 0.25) is 0 Å². The summed E-state index contributed by atoms with van der Waals surface area (Å²) in [5.74, 6) is 5.15. The van der Waals surface area contributed by atoms with Crippen molar-refractivity contribution in [3.8, 4) is 0 Å². The zero-order valence-electron chi connectivity index (χ0n) is 6.51. The maximum absolute atomic E-state index is 10.7. The van der Waals surface area contributed by atoms with Gasteiger partial charge in [-0.25, -0.2) is 8.42 Å². The summed E-state index contributed by atoms with van der Waals surface area (Å²) < 4.78 is 21.4. The van der Waals surface area contributed by atoms with Crippen molar-refractivity contribution in [3.63, 3.8) is 0 Å². The van der Waals surface area contributed by atoms with E-state index in [1.807, 2.05) is 0 Å². The van der Waals surface area contributed by atoms with Crippen LogP contribution in [0.4, 0.5) is 0 Å². The molecule has 0 aromatic heterocycles. The molecule has 0 bridgehead atoms. The fourth-order valence-corrected chi connectivity index (χ4v) is 2.09. The number of hydrazine groups is 1. The summed E-state index contributed by atoms with van der Waals surface area (Å²) in [7, 11) is -2.94. The Morgan fingerprint density at radius 2 is 1.90 bits per heavy atom. The van der Waals surface area contributed by atoms with Crippen molar-refractivity contribution < 1.29 is 8.42 Å². The second kappa shape index (κ2) is 2.86. The number of sulfone groups is 1. The Hall–Kier alpha value is -0.130. The van der Waals surface area contributed by atoms with Crippen molar-refractivity contribution in [2.24, 2.45) is 5.84 Å². The normalized spacial score (nSPS) is 13.6. The van der Waals surface area contributed by atoms with Gasteiger partial charge in [-0.05, 0) is 13.8 Å². The first-order valence-electron chi connectivity index (χ1n) is 2.92. The molecular weight excluding hydrogens is 152 g/mol. The maximum atomic E-state index is 10.7.